The van der Waals surface area contributed by atoms with E-state index in [4.69, 9.17) is 9.84 Å². The van der Waals surface area contributed by atoms with Gasteiger partial charge in [0.1, 0.15) is 6.04 Å². The molecular weight excluding hydrogens is 260 g/mol. The minimum absolute atomic E-state index is 0.0738. The first-order valence-corrected chi connectivity index (χ1v) is 7.15. The molecule has 0 aliphatic carbocycles. The Kier molecular flexibility index (Phi) is 5.95. The second-order valence-corrected chi connectivity index (χ2v) is 5.97. The fourth-order valence-corrected chi connectivity index (χ4v) is 2.70. The van der Waals surface area contributed by atoms with Crippen LogP contribution in [0.5, 0.6) is 0 Å². The van der Waals surface area contributed by atoms with Crippen LogP contribution in [-0.2, 0) is 14.3 Å². The Labute approximate surface area is 120 Å². The van der Waals surface area contributed by atoms with E-state index in [1.807, 2.05) is 27.7 Å². The van der Waals surface area contributed by atoms with Crippen molar-refractivity contribution in [3.8, 4) is 0 Å². The van der Waals surface area contributed by atoms with Gasteiger partial charge in [0.15, 0.2) is 0 Å². The number of carbonyl (C=O) groups excluding carboxylic acids is 1. The van der Waals surface area contributed by atoms with Crippen molar-refractivity contribution in [1.82, 2.24) is 10.2 Å². The summed E-state index contributed by atoms with van der Waals surface area (Å²) in [6.07, 6.45) is 0.148. The molecule has 0 aromatic carbocycles. The third-order valence-corrected chi connectivity index (χ3v) is 3.47. The number of ether oxygens (including phenoxy) is 1. The van der Waals surface area contributed by atoms with Crippen molar-refractivity contribution in [3.05, 3.63) is 0 Å². The lowest BCUT2D eigenvalue weighted by Gasteiger charge is -2.41. The van der Waals surface area contributed by atoms with E-state index in [1.54, 1.807) is 0 Å². The second kappa shape index (κ2) is 7.04. The van der Waals surface area contributed by atoms with Gasteiger partial charge in [-0.2, -0.15) is 0 Å². The van der Waals surface area contributed by atoms with Crippen LogP contribution < -0.4 is 5.32 Å². The summed E-state index contributed by atoms with van der Waals surface area (Å²) in [5.41, 5.74) is 0. The summed E-state index contributed by atoms with van der Waals surface area (Å²) >= 11 is 0. The number of hydrogen-bond acceptors (Lipinski definition) is 4. The molecule has 1 heterocycles. The van der Waals surface area contributed by atoms with Crippen molar-refractivity contribution in [1.29, 1.82) is 0 Å². The zero-order chi connectivity index (χ0) is 15.4. The highest BCUT2D eigenvalue weighted by Gasteiger charge is 2.35. The lowest BCUT2D eigenvalue weighted by atomic mass is 9.99. The van der Waals surface area contributed by atoms with Gasteiger partial charge in [-0.15, -0.1) is 0 Å². The zero-order valence-corrected chi connectivity index (χ0v) is 12.9. The molecule has 1 rings (SSSR count). The number of carboxylic acid groups (broad SMARTS) is 1. The smallest absolute Gasteiger partial charge is 0.325 e. The molecule has 0 bridgehead atoms. The van der Waals surface area contributed by atoms with E-state index in [0.717, 1.165) is 0 Å². The van der Waals surface area contributed by atoms with Crippen molar-refractivity contribution < 1.29 is 19.4 Å². The first-order chi connectivity index (χ1) is 9.22. The quantitative estimate of drug-likeness (QED) is 0.778. The lowest BCUT2D eigenvalue weighted by Crippen LogP contribution is -2.58. The highest BCUT2D eigenvalue weighted by molar-refractivity contribution is 5.86. The maximum atomic E-state index is 12.4. The molecule has 1 amide bonds. The number of carbonyl (C=O) groups is 2. The Morgan fingerprint density at radius 2 is 1.70 bits per heavy atom. The third-order valence-electron chi connectivity index (χ3n) is 3.47. The van der Waals surface area contributed by atoms with E-state index in [9.17, 15) is 9.59 Å². The molecule has 0 spiro atoms. The molecule has 0 unspecified atom stereocenters. The van der Waals surface area contributed by atoms with Crippen molar-refractivity contribution in [2.24, 2.45) is 5.92 Å². The van der Waals surface area contributed by atoms with Gasteiger partial charge in [0.25, 0.3) is 0 Å². The number of hydrogen-bond donors (Lipinski definition) is 2. The molecule has 0 aromatic rings. The molecule has 116 valence electrons. The molecule has 20 heavy (non-hydrogen) atoms. The van der Waals surface area contributed by atoms with Crippen molar-refractivity contribution in [2.45, 2.75) is 58.9 Å². The van der Waals surface area contributed by atoms with Crippen LogP contribution in [0.4, 0.5) is 0 Å². The van der Waals surface area contributed by atoms with Crippen LogP contribution >= 0.6 is 0 Å². The fourth-order valence-electron chi connectivity index (χ4n) is 2.70. The van der Waals surface area contributed by atoms with Crippen LogP contribution in [0.2, 0.25) is 0 Å². The standard InChI is InChI=1S/C14H26N2O4/c1-8(2)12(13(17)15-11(5)14(18)19)16-6-9(3)20-10(4)7-16/h8-12H,6-7H2,1-5H3,(H,15,17)(H,18,19)/t9-,10+,11-,12-/m0/s1. The first-order valence-electron chi connectivity index (χ1n) is 7.15. The normalized spacial score (nSPS) is 27.1. The molecule has 6 nitrogen and oxygen atoms in total. The number of morpholine rings is 1. The molecule has 0 radical (unpaired) electrons. The monoisotopic (exact) mass is 286 g/mol. The average Bonchev–Trinajstić information content (AvgIpc) is 2.26. The van der Waals surface area contributed by atoms with Gasteiger partial charge < -0.3 is 15.2 Å². The number of nitrogens with one attached hydrogen (secondary N) is 1. The molecule has 1 aliphatic heterocycles. The average molecular weight is 286 g/mol. The van der Waals surface area contributed by atoms with Gasteiger partial charge >= 0.3 is 5.97 Å². The topological polar surface area (TPSA) is 78.9 Å². The Hall–Kier alpha value is -1.14. The van der Waals surface area contributed by atoms with E-state index in [0.29, 0.717) is 13.1 Å². The summed E-state index contributed by atoms with van der Waals surface area (Å²) < 4.78 is 5.68. The summed E-state index contributed by atoms with van der Waals surface area (Å²) in [7, 11) is 0. The van der Waals surface area contributed by atoms with Crippen molar-refractivity contribution in [2.75, 3.05) is 13.1 Å². The molecule has 0 aromatic heterocycles. The van der Waals surface area contributed by atoms with Gasteiger partial charge in [0.2, 0.25) is 5.91 Å². The second-order valence-electron chi connectivity index (χ2n) is 5.97. The van der Waals surface area contributed by atoms with Gasteiger partial charge in [0.05, 0.1) is 18.2 Å². The van der Waals surface area contributed by atoms with Crippen LogP contribution in [0.25, 0.3) is 0 Å². The summed E-state index contributed by atoms with van der Waals surface area (Å²) in [5.74, 6) is -1.14. The number of amides is 1. The Morgan fingerprint density at radius 1 is 1.20 bits per heavy atom. The van der Waals surface area contributed by atoms with Crippen LogP contribution in [0, 0.1) is 5.92 Å². The molecule has 1 fully saturated rings. The summed E-state index contributed by atoms with van der Waals surface area (Å²) in [5, 5.41) is 11.5. The molecule has 0 saturated carbocycles. The summed E-state index contributed by atoms with van der Waals surface area (Å²) in [4.78, 5) is 25.3. The number of carboxylic acids is 1. The highest BCUT2D eigenvalue weighted by atomic mass is 16.5. The van der Waals surface area contributed by atoms with Gasteiger partial charge in [-0.3, -0.25) is 14.5 Å². The maximum Gasteiger partial charge on any atom is 0.325 e. The Balaban J connectivity index is 2.77. The Bertz CT molecular complexity index is 349. The lowest BCUT2D eigenvalue weighted by molar-refractivity contribution is -0.144. The summed E-state index contributed by atoms with van der Waals surface area (Å²) in [6, 6.07) is -1.20. The van der Waals surface area contributed by atoms with Crippen LogP contribution in [0.1, 0.15) is 34.6 Å². The predicted octanol–water partition coefficient (Wildman–Crippen LogP) is 0.710. The molecule has 1 saturated heterocycles. The molecule has 4 atom stereocenters. The van der Waals surface area contributed by atoms with E-state index >= 15 is 0 Å². The SMILES string of the molecule is CC(C)[C@@H](C(=O)N[C@@H](C)C(=O)O)N1C[C@@H](C)O[C@@H](C)C1. The third kappa shape index (κ3) is 4.45. The number of aliphatic carboxylic acids is 1. The minimum Gasteiger partial charge on any atom is -0.480 e. The van der Waals surface area contributed by atoms with Gasteiger partial charge in [-0.05, 0) is 26.7 Å². The zero-order valence-electron chi connectivity index (χ0n) is 12.9. The predicted molar refractivity (Wildman–Crippen MR) is 75.4 cm³/mol. The number of rotatable bonds is 5. The minimum atomic E-state index is -1.02. The van der Waals surface area contributed by atoms with E-state index in [2.05, 4.69) is 10.2 Å². The van der Waals surface area contributed by atoms with Crippen LogP contribution in [0.3, 0.4) is 0 Å². The van der Waals surface area contributed by atoms with Gasteiger partial charge in [-0.25, -0.2) is 0 Å². The Morgan fingerprint density at radius 3 is 2.10 bits per heavy atom. The first kappa shape index (κ1) is 16.9. The molecule has 2 N–H and O–H groups in total. The largest absolute Gasteiger partial charge is 0.480 e. The summed E-state index contributed by atoms with van der Waals surface area (Å²) in [6.45, 7) is 10.8. The van der Waals surface area contributed by atoms with Crippen molar-refractivity contribution >= 4 is 11.9 Å². The fraction of sp³-hybridized carbons (Fsp3) is 0.857. The van der Waals surface area contributed by atoms with Gasteiger partial charge in [0, 0.05) is 13.1 Å². The van der Waals surface area contributed by atoms with E-state index in [1.165, 1.54) is 6.92 Å². The van der Waals surface area contributed by atoms with Crippen LogP contribution in [0.15, 0.2) is 0 Å². The van der Waals surface area contributed by atoms with E-state index < -0.39 is 12.0 Å². The number of nitrogens with zero attached hydrogens (tertiary/aromatic N) is 1. The van der Waals surface area contributed by atoms with Crippen molar-refractivity contribution in [3.63, 3.8) is 0 Å². The molecule has 1 aliphatic rings. The van der Waals surface area contributed by atoms with Crippen LogP contribution in [-0.4, -0.2) is 59.3 Å². The molecule has 6 heteroatoms. The highest BCUT2D eigenvalue weighted by Crippen LogP contribution is 2.18. The maximum absolute atomic E-state index is 12.4. The van der Waals surface area contributed by atoms with E-state index in [-0.39, 0.29) is 30.1 Å². The molecular formula is C14H26N2O4. The van der Waals surface area contributed by atoms with Gasteiger partial charge in [-0.1, -0.05) is 13.8 Å².